The second-order valence-corrected chi connectivity index (χ2v) is 5.99. The lowest BCUT2D eigenvalue weighted by atomic mass is 10.0. The highest BCUT2D eigenvalue weighted by Crippen LogP contribution is 2.31. The number of carbonyl (C=O) groups excluding carboxylic acids is 1. The maximum atomic E-state index is 14.3. The Morgan fingerprint density at radius 2 is 2.04 bits per heavy atom. The number of rotatable bonds is 8. The number of carboxylic acids is 1. The van der Waals surface area contributed by atoms with Crippen LogP contribution in [0.25, 0.3) is 0 Å². The number of halogens is 2. The molecule has 0 bridgehead atoms. The lowest BCUT2D eigenvalue weighted by molar-refractivity contribution is -0.143. The van der Waals surface area contributed by atoms with Crippen LogP contribution in [0.4, 0.5) is 4.39 Å². The van der Waals surface area contributed by atoms with E-state index in [1.54, 1.807) is 12.1 Å². The second kappa shape index (κ2) is 8.96. The maximum Gasteiger partial charge on any atom is 0.329 e. The summed E-state index contributed by atoms with van der Waals surface area (Å²) >= 11 is 6.17. The molecule has 1 aliphatic heterocycles. The fraction of sp³-hybridized carbons (Fsp3) is 0.500. The van der Waals surface area contributed by atoms with Gasteiger partial charge in [-0.05, 0) is 38.1 Å². The first kappa shape index (κ1) is 18.6. The van der Waals surface area contributed by atoms with Crippen molar-refractivity contribution in [3.8, 4) is 0 Å². The van der Waals surface area contributed by atoms with E-state index in [2.05, 4.69) is 10.2 Å². The molecular weight excluding hydrogens is 339 g/mol. The predicted octanol–water partition coefficient (Wildman–Crippen LogP) is 1.83. The fourth-order valence-corrected chi connectivity index (χ4v) is 3.08. The Balaban J connectivity index is 2.02. The van der Waals surface area contributed by atoms with Crippen LogP contribution in [0.5, 0.6) is 0 Å². The Labute approximate surface area is 144 Å². The summed E-state index contributed by atoms with van der Waals surface area (Å²) in [5, 5.41) is 11.5. The number of aliphatic carboxylic acids is 1. The van der Waals surface area contributed by atoms with Gasteiger partial charge in [-0.1, -0.05) is 17.7 Å². The van der Waals surface area contributed by atoms with Gasteiger partial charge in [-0.25, -0.2) is 9.18 Å². The van der Waals surface area contributed by atoms with Crippen molar-refractivity contribution in [1.29, 1.82) is 0 Å². The topological polar surface area (TPSA) is 78.9 Å². The number of amides is 1. The highest BCUT2D eigenvalue weighted by atomic mass is 35.5. The van der Waals surface area contributed by atoms with Crippen molar-refractivity contribution in [3.63, 3.8) is 0 Å². The van der Waals surface area contributed by atoms with Crippen molar-refractivity contribution in [1.82, 2.24) is 10.2 Å². The molecule has 8 heteroatoms. The number of nitrogens with zero attached hydrogens (tertiary/aromatic N) is 1. The standard InChI is InChI=1S/C16H20ClFN2O4/c17-11-4-3-5-12(18)16(11)13(20-6-1-2-7-20)8-19-14(21)9-24-10-15(22)23/h3-5,13H,1-2,6-10H2,(H,19,21)(H,22,23). The maximum absolute atomic E-state index is 14.3. The van der Waals surface area contributed by atoms with Gasteiger partial charge in [0.05, 0.1) is 6.04 Å². The minimum absolute atomic E-state index is 0.177. The van der Waals surface area contributed by atoms with Crippen LogP contribution in [-0.2, 0) is 14.3 Å². The summed E-state index contributed by atoms with van der Waals surface area (Å²) < 4.78 is 19.0. The molecule has 0 aliphatic carbocycles. The molecule has 1 aliphatic rings. The molecule has 1 unspecified atom stereocenters. The van der Waals surface area contributed by atoms with E-state index in [9.17, 15) is 14.0 Å². The number of benzene rings is 1. The quantitative estimate of drug-likeness (QED) is 0.741. The predicted molar refractivity (Wildman–Crippen MR) is 86.4 cm³/mol. The molecule has 2 rings (SSSR count). The number of likely N-dealkylation sites (tertiary alicyclic amines) is 1. The summed E-state index contributed by atoms with van der Waals surface area (Å²) in [5.74, 6) is -2.00. The van der Waals surface area contributed by atoms with Gasteiger partial charge in [0.25, 0.3) is 0 Å². The molecule has 132 valence electrons. The van der Waals surface area contributed by atoms with Gasteiger partial charge in [0, 0.05) is 17.1 Å². The molecular formula is C16H20ClFN2O4. The smallest absolute Gasteiger partial charge is 0.329 e. The molecule has 1 saturated heterocycles. The minimum atomic E-state index is -1.14. The van der Waals surface area contributed by atoms with E-state index in [4.69, 9.17) is 21.4 Å². The Hall–Kier alpha value is -1.70. The van der Waals surface area contributed by atoms with E-state index in [0.717, 1.165) is 25.9 Å². The second-order valence-electron chi connectivity index (χ2n) is 5.58. The lowest BCUT2D eigenvalue weighted by Crippen LogP contribution is -2.38. The highest BCUT2D eigenvalue weighted by Gasteiger charge is 2.28. The summed E-state index contributed by atoms with van der Waals surface area (Å²) in [6, 6.07) is 4.15. The van der Waals surface area contributed by atoms with Crippen LogP contribution in [0, 0.1) is 5.82 Å². The summed E-state index contributed by atoms with van der Waals surface area (Å²) in [7, 11) is 0. The van der Waals surface area contributed by atoms with Gasteiger partial charge in [0.2, 0.25) is 5.91 Å². The van der Waals surface area contributed by atoms with Crippen molar-refractivity contribution in [2.24, 2.45) is 0 Å². The zero-order chi connectivity index (χ0) is 17.5. The summed E-state index contributed by atoms with van der Waals surface area (Å²) in [4.78, 5) is 24.2. The first-order chi connectivity index (χ1) is 11.5. The molecule has 1 fully saturated rings. The van der Waals surface area contributed by atoms with E-state index >= 15 is 0 Å². The molecule has 6 nitrogen and oxygen atoms in total. The number of nitrogens with one attached hydrogen (secondary N) is 1. The van der Waals surface area contributed by atoms with Crippen LogP contribution in [-0.4, -0.2) is 54.7 Å². The normalized spacial score (nSPS) is 16.1. The van der Waals surface area contributed by atoms with Gasteiger partial charge < -0.3 is 15.2 Å². The number of ether oxygens (including phenoxy) is 1. The summed E-state index contributed by atoms with van der Waals surface area (Å²) in [6.45, 7) is 0.892. The first-order valence-electron chi connectivity index (χ1n) is 7.73. The van der Waals surface area contributed by atoms with Gasteiger partial charge in [0.15, 0.2) is 0 Å². The molecule has 1 atom stereocenters. The lowest BCUT2D eigenvalue weighted by Gasteiger charge is -2.29. The summed E-state index contributed by atoms with van der Waals surface area (Å²) in [6.07, 6.45) is 2.02. The Morgan fingerprint density at radius 1 is 1.33 bits per heavy atom. The molecule has 1 aromatic carbocycles. The third-order valence-corrected chi connectivity index (χ3v) is 4.20. The highest BCUT2D eigenvalue weighted by molar-refractivity contribution is 6.31. The SMILES string of the molecule is O=C(O)COCC(=O)NCC(c1c(F)cccc1Cl)N1CCCC1. The van der Waals surface area contributed by atoms with Crippen LogP contribution in [0.2, 0.25) is 5.02 Å². The third-order valence-electron chi connectivity index (χ3n) is 3.87. The number of hydrogen-bond donors (Lipinski definition) is 2. The van der Waals surface area contributed by atoms with E-state index in [1.807, 2.05) is 0 Å². The van der Waals surface area contributed by atoms with E-state index in [1.165, 1.54) is 6.07 Å². The van der Waals surface area contributed by atoms with E-state index < -0.39 is 24.3 Å². The monoisotopic (exact) mass is 358 g/mol. The largest absolute Gasteiger partial charge is 0.480 e. The first-order valence-corrected chi connectivity index (χ1v) is 8.11. The van der Waals surface area contributed by atoms with Crippen molar-refractivity contribution >= 4 is 23.5 Å². The molecule has 0 saturated carbocycles. The zero-order valence-electron chi connectivity index (χ0n) is 13.1. The molecule has 0 aromatic heterocycles. The number of carboxylic acid groups (broad SMARTS) is 1. The molecule has 1 amide bonds. The number of hydrogen-bond acceptors (Lipinski definition) is 4. The number of carbonyl (C=O) groups is 2. The van der Waals surface area contributed by atoms with Crippen LogP contribution in [0.3, 0.4) is 0 Å². The van der Waals surface area contributed by atoms with Crippen molar-refractivity contribution in [2.45, 2.75) is 18.9 Å². The molecule has 1 heterocycles. The summed E-state index contributed by atoms with van der Waals surface area (Å²) in [5.41, 5.74) is 0.368. The van der Waals surface area contributed by atoms with Crippen LogP contribution in [0.1, 0.15) is 24.4 Å². The van der Waals surface area contributed by atoms with Crippen LogP contribution < -0.4 is 5.32 Å². The Bertz CT molecular complexity index is 573. The van der Waals surface area contributed by atoms with Crippen molar-refractivity contribution in [2.75, 3.05) is 32.8 Å². The fourth-order valence-electron chi connectivity index (χ4n) is 2.79. The van der Waals surface area contributed by atoms with Crippen LogP contribution in [0.15, 0.2) is 18.2 Å². The van der Waals surface area contributed by atoms with Gasteiger partial charge in [-0.2, -0.15) is 0 Å². The zero-order valence-corrected chi connectivity index (χ0v) is 13.9. The van der Waals surface area contributed by atoms with E-state index in [-0.39, 0.29) is 19.2 Å². The minimum Gasteiger partial charge on any atom is -0.480 e. The van der Waals surface area contributed by atoms with E-state index in [0.29, 0.717) is 10.6 Å². The van der Waals surface area contributed by atoms with Gasteiger partial charge in [0.1, 0.15) is 19.0 Å². The molecule has 2 N–H and O–H groups in total. The molecule has 24 heavy (non-hydrogen) atoms. The van der Waals surface area contributed by atoms with Crippen molar-refractivity contribution < 1.29 is 23.8 Å². The van der Waals surface area contributed by atoms with Gasteiger partial charge in [-0.15, -0.1) is 0 Å². The molecule has 0 radical (unpaired) electrons. The molecule has 0 spiro atoms. The van der Waals surface area contributed by atoms with Crippen molar-refractivity contribution in [3.05, 3.63) is 34.6 Å². The third kappa shape index (κ3) is 5.15. The van der Waals surface area contributed by atoms with Gasteiger partial charge in [-0.3, -0.25) is 9.69 Å². The van der Waals surface area contributed by atoms with Gasteiger partial charge >= 0.3 is 5.97 Å². The average molecular weight is 359 g/mol. The average Bonchev–Trinajstić information content (AvgIpc) is 3.03. The Morgan fingerprint density at radius 3 is 2.67 bits per heavy atom. The van der Waals surface area contributed by atoms with Crippen LogP contribution >= 0.6 is 11.6 Å². The molecule has 1 aromatic rings. The Kier molecular flexibility index (Phi) is 6.96.